The fourth-order valence-electron chi connectivity index (χ4n) is 1.24. The van der Waals surface area contributed by atoms with E-state index < -0.39 is 0 Å². The Labute approximate surface area is 88.5 Å². The van der Waals surface area contributed by atoms with Crippen molar-refractivity contribution in [3.63, 3.8) is 0 Å². The van der Waals surface area contributed by atoms with Gasteiger partial charge in [-0.25, -0.2) is 0 Å². The highest BCUT2D eigenvalue weighted by molar-refractivity contribution is 5.68. The van der Waals surface area contributed by atoms with Crippen LogP contribution in [0.5, 0.6) is 5.75 Å². The number of pyridine rings is 1. The lowest BCUT2D eigenvalue weighted by atomic mass is 10.2. The Morgan fingerprint density at radius 1 is 0.933 bits per heavy atom. The third-order valence-electron chi connectivity index (χ3n) is 2.03. The van der Waals surface area contributed by atoms with Crippen molar-refractivity contribution in [1.29, 1.82) is 0 Å². The Morgan fingerprint density at radius 3 is 2.40 bits per heavy atom. The number of aromatic nitrogens is 1. The van der Waals surface area contributed by atoms with E-state index >= 15 is 0 Å². The topological polar surface area (TPSA) is 33.1 Å². The van der Waals surface area contributed by atoms with Gasteiger partial charge in [0, 0.05) is 6.20 Å². The van der Waals surface area contributed by atoms with E-state index in [-0.39, 0.29) is 5.75 Å². The van der Waals surface area contributed by atoms with Gasteiger partial charge in [-0.1, -0.05) is 24.3 Å². The van der Waals surface area contributed by atoms with Crippen LogP contribution in [-0.2, 0) is 0 Å². The minimum absolute atomic E-state index is 0.282. The van der Waals surface area contributed by atoms with Gasteiger partial charge in [0.05, 0.1) is 5.69 Å². The second-order valence-corrected chi connectivity index (χ2v) is 3.18. The van der Waals surface area contributed by atoms with Crippen molar-refractivity contribution in [2.24, 2.45) is 0 Å². The average Bonchev–Trinajstić information content (AvgIpc) is 2.30. The SMILES string of the molecule is Oc1ccc(C=Cc2ccccn2)cc1. The molecule has 0 fully saturated rings. The molecule has 2 rings (SSSR count). The molecule has 1 aromatic carbocycles. The van der Waals surface area contributed by atoms with E-state index in [2.05, 4.69) is 4.98 Å². The van der Waals surface area contributed by atoms with Crippen molar-refractivity contribution in [2.75, 3.05) is 0 Å². The molecule has 0 aliphatic heterocycles. The number of rotatable bonds is 2. The van der Waals surface area contributed by atoms with Gasteiger partial charge in [-0.2, -0.15) is 0 Å². The molecule has 0 spiro atoms. The van der Waals surface area contributed by atoms with Crippen molar-refractivity contribution >= 4 is 12.2 Å². The maximum atomic E-state index is 9.11. The van der Waals surface area contributed by atoms with Gasteiger partial charge >= 0.3 is 0 Å². The summed E-state index contributed by atoms with van der Waals surface area (Å²) < 4.78 is 0. The van der Waals surface area contributed by atoms with Crippen LogP contribution in [0.4, 0.5) is 0 Å². The monoisotopic (exact) mass is 197 g/mol. The number of aromatic hydroxyl groups is 1. The van der Waals surface area contributed by atoms with Gasteiger partial charge in [0.1, 0.15) is 5.75 Å². The van der Waals surface area contributed by atoms with Crippen LogP contribution in [0.2, 0.25) is 0 Å². The van der Waals surface area contributed by atoms with Crippen LogP contribution in [0, 0.1) is 0 Å². The highest BCUT2D eigenvalue weighted by atomic mass is 16.3. The predicted molar refractivity (Wildman–Crippen MR) is 61.3 cm³/mol. The molecule has 0 aliphatic carbocycles. The van der Waals surface area contributed by atoms with Crippen molar-refractivity contribution in [1.82, 2.24) is 4.98 Å². The molecule has 74 valence electrons. The third-order valence-corrected chi connectivity index (χ3v) is 2.03. The van der Waals surface area contributed by atoms with E-state index in [1.54, 1.807) is 18.3 Å². The molecule has 0 atom stereocenters. The van der Waals surface area contributed by atoms with Gasteiger partial charge in [-0.15, -0.1) is 0 Å². The fraction of sp³-hybridized carbons (Fsp3) is 0. The normalized spacial score (nSPS) is 10.7. The van der Waals surface area contributed by atoms with Gasteiger partial charge in [0.2, 0.25) is 0 Å². The van der Waals surface area contributed by atoms with Crippen LogP contribution in [0.3, 0.4) is 0 Å². The molecule has 1 aromatic heterocycles. The van der Waals surface area contributed by atoms with Gasteiger partial charge < -0.3 is 5.11 Å². The van der Waals surface area contributed by atoms with Crippen LogP contribution in [0.1, 0.15) is 11.3 Å². The standard InChI is InChI=1S/C13H11NO/c15-13-8-5-11(6-9-13)4-7-12-3-1-2-10-14-12/h1-10,15H. The second-order valence-electron chi connectivity index (χ2n) is 3.18. The molecule has 2 heteroatoms. The molecule has 0 saturated heterocycles. The molecular weight excluding hydrogens is 186 g/mol. The Bertz CT molecular complexity index is 446. The summed E-state index contributed by atoms with van der Waals surface area (Å²) in [6, 6.07) is 12.8. The maximum absolute atomic E-state index is 9.11. The molecule has 2 nitrogen and oxygen atoms in total. The fourth-order valence-corrected chi connectivity index (χ4v) is 1.24. The number of hydrogen-bond donors (Lipinski definition) is 1. The van der Waals surface area contributed by atoms with Gasteiger partial charge in [-0.05, 0) is 35.9 Å². The minimum Gasteiger partial charge on any atom is -0.508 e. The Kier molecular flexibility index (Phi) is 2.79. The van der Waals surface area contributed by atoms with E-state index in [9.17, 15) is 0 Å². The van der Waals surface area contributed by atoms with Gasteiger partial charge in [-0.3, -0.25) is 4.98 Å². The Balaban J connectivity index is 2.15. The van der Waals surface area contributed by atoms with Crippen LogP contribution in [-0.4, -0.2) is 10.1 Å². The number of phenols is 1. The zero-order valence-corrected chi connectivity index (χ0v) is 8.17. The van der Waals surface area contributed by atoms with E-state index in [0.29, 0.717) is 0 Å². The first-order valence-electron chi connectivity index (χ1n) is 4.73. The van der Waals surface area contributed by atoms with Crippen molar-refractivity contribution < 1.29 is 5.11 Å². The van der Waals surface area contributed by atoms with E-state index in [4.69, 9.17) is 5.11 Å². The summed E-state index contributed by atoms with van der Waals surface area (Å²) in [6.07, 6.45) is 5.66. The highest BCUT2D eigenvalue weighted by Gasteiger charge is 1.88. The molecule has 0 saturated carbocycles. The van der Waals surface area contributed by atoms with E-state index in [1.165, 1.54) is 0 Å². The zero-order valence-electron chi connectivity index (χ0n) is 8.17. The summed E-state index contributed by atoms with van der Waals surface area (Å²) in [7, 11) is 0. The summed E-state index contributed by atoms with van der Waals surface area (Å²) in [5, 5.41) is 9.11. The maximum Gasteiger partial charge on any atom is 0.115 e. The van der Waals surface area contributed by atoms with E-state index in [1.807, 2.05) is 42.5 Å². The Hall–Kier alpha value is -2.09. The number of hydrogen-bond acceptors (Lipinski definition) is 2. The van der Waals surface area contributed by atoms with Crippen LogP contribution >= 0.6 is 0 Å². The van der Waals surface area contributed by atoms with Crippen LogP contribution in [0.15, 0.2) is 48.7 Å². The first-order valence-corrected chi connectivity index (χ1v) is 4.73. The van der Waals surface area contributed by atoms with Crippen LogP contribution in [0.25, 0.3) is 12.2 Å². The molecule has 15 heavy (non-hydrogen) atoms. The lowest BCUT2D eigenvalue weighted by Gasteiger charge is -1.94. The largest absolute Gasteiger partial charge is 0.508 e. The molecule has 1 heterocycles. The van der Waals surface area contributed by atoms with Crippen molar-refractivity contribution in [2.45, 2.75) is 0 Å². The zero-order chi connectivity index (χ0) is 10.5. The lowest BCUT2D eigenvalue weighted by molar-refractivity contribution is 0.475. The first kappa shape index (κ1) is 9.46. The Morgan fingerprint density at radius 2 is 1.73 bits per heavy atom. The summed E-state index contributed by atoms with van der Waals surface area (Å²) in [5.74, 6) is 0.282. The molecule has 0 radical (unpaired) electrons. The number of phenolic OH excluding ortho intramolecular Hbond substituents is 1. The first-order chi connectivity index (χ1) is 7.34. The highest BCUT2D eigenvalue weighted by Crippen LogP contribution is 2.11. The summed E-state index contributed by atoms with van der Waals surface area (Å²) >= 11 is 0. The quantitative estimate of drug-likeness (QED) is 0.802. The predicted octanol–water partition coefficient (Wildman–Crippen LogP) is 2.96. The summed E-state index contributed by atoms with van der Waals surface area (Å²) in [6.45, 7) is 0. The second kappa shape index (κ2) is 4.42. The molecule has 2 aromatic rings. The smallest absolute Gasteiger partial charge is 0.115 e. The molecule has 1 N–H and O–H groups in total. The summed E-state index contributed by atoms with van der Waals surface area (Å²) in [5.41, 5.74) is 1.96. The van der Waals surface area contributed by atoms with Crippen LogP contribution < -0.4 is 0 Å². The third kappa shape index (κ3) is 2.68. The lowest BCUT2D eigenvalue weighted by Crippen LogP contribution is -1.76. The van der Waals surface area contributed by atoms with Gasteiger partial charge in [0.25, 0.3) is 0 Å². The van der Waals surface area contributed by atoms with Crippen molar-refractivity contribution in [3.05, 3.63) is 59.9 Å². The minimum atomic E-state index is 0.282. The van der Waals surface area contributed by atoms with Crippen molar-refractivity contribution in [3.8, 4) is 5.75 Å². The molecule has 0 unspecified atom stereocenters. The number of benzene rings is 1. The number of nitrogens with zero attached hydrogens (tertiary/aromatic N) is 1. The van der Waals surface area contributed by atoms with Gasteiger partial charge in [0.15, 0.2) is 0 Å². The summed E-state index contributed by atoms with van der Waals surface area (Å²) in [4.78, 5) is 4.18. The molecule has 0 aliphatic rings. The average molecular weight is 197 g/mol. The molecule has 0 bridgehead atoms. The molecular formula is C13H11NO. The van der Waals surface area contributed by atoms with E-state index in [0.717, 1.165) is 11.3 Å². The molecule has 0 amide bonds.